The number of ether oxygens (including phenoxy) is 3. The summed E-state index contributed by atoms with van der Waals surface area (Å²) in [5, 5.41) is 0. The van der Waals surface area contributed by atoms with Gasteiger partial charge in [-0.3, -0.25) is 4.79 Å². The maximum Gasteiger partial charge on any atom is 0.302 e. The Morgan fingerprint density at radius 2 is 1.18 bits per heavy atom. The number of unbranched alkanes of at least 4 members (excludes halogenated alkanes) is 10. The van der Waals surface area contributed by atoms with Crippen LogP contribution in [-0.2, 0) is 9.53 Å². The highest BCUT2D eigenvalue weighted by Gasteiger charge is 2.04. The normalized spacial score (nSPS) is 10.8. The predicted molar refractivity (Wildman–Crippen MR) is 136 cm³/mol. The van der Waals surface area contributed by atoms with Gasteiger partial charge in [0.2, 0.25) is 0 Å². The zero-order valence-electron chi connectivity index (χ0n) is 21.1. The van der Waals surface area contributed by atoms with Crippen LogP contribution >= 0.6 is 0 Å². The van der Waals surface area contributed by atoms with E-state index in [9.17, 15) is 4.79 Å². The highest BCUT2D eigenvalue weighted by Crippen LogP contribution is 2.21. The third-order valence-corrected chi connectivity index (χ3v) is 5.62. The Morgan fingerprint density at radius 3 is 1.74 bits per heavy atom. The SMILES string of the molecule is CCCCCCCCCCOc1ccc(-c2ncc(OCCCCCCOC(C)=O)cn2)cc1. The van der Waals surface area contributed by atoms with Gasteiger partial charge in [0.05, 0.1) is 32.2 Å². The molecular weight excluding hydrogens is 428 g/mol. The predicted octanol–water partition coefficient (Wildman–Crippen LogP) is 7.17. The number of rotatable bonds is 19. The maximum absolute atomic E-state index is 10.7. The van der Waals surface area contributed by atoms with Crippen molar-refractivity contribution in [1.82, 2.24) is 9.97 Å². The van der Waals surface area contributed by atoms with Crippen LogP contribution in [0.1, 0.15) is 90.9 Å². The molecule has 34 heavy (non-hydrogen) atoms. The van der Waals surface area contributed by atoms with Crippen LogP contribution in [0.3, 0.4) is 0 Å². The lowest BCUT2D eigenvalue weighted by Crippen LogP contribution is -2.01. The van der Waals surface area contributed by atoms with Gasteiger partial charge in [-0.25, -0.2) is 9.97 Å². The molecule has 0 saturated carbocycles. The quantitative estimate of drug-likeness (QED) is 0.160. The van der Waals surface area contributed by atoms with Gasteiger partial charge in [-0.05, 0) is 56.4 Å². The molecule has 0 aliphatic carbocycles. The van der Waals surface area contributed by atoms with Gasteiger partial charge < -0.3 is 14.2 Å². The first kappa shape index (κ1) is 27.6. The second-order valence-corrected chi connectivity index (χ2v) is 8.69. The summed E-state index contributed by atoms with van der Waals surface area (Å²) in [5.41, 5.74) is 0.957. The number of carbonyl (C=O) groups is 1. The molecular formula is C28H42N2O4. The lowest BCUT2D eigenvalue weighted by Gasteiger charge is -2.08. The first-order valence-electron chi connectivity index (χ1n) is 13.0. The summed E-state index contributed by atoms with van der Waals surface area (Å²) in [5.74, 6) is 2.02. The summed E-state index contributed by atoms with van der Waals surface area (Å²) >= 11 is 0. The molecule has 6 heteroatoms. The number of benzene rings is 1. The molecule has 0 saturated heterocycles. The van der Waals surface area contributed by atoms with Gasteiger partial charge in [-0.1, -0.05) is 51.9 Å². The second kappa shape index (κ2) is 17.8. The fraction of sp³-hybridized carbons (Fsp3) is 0.607. The molecule has 0 atom stereocenters. The van der Waals surface area contributed by atoms with E-state index in [2.05, 4.69) is 16.9 Å². The average molecular weight is 471 g/mol. The first-order chi connectivity index (χ1) is 16.7. The summed E-state index contributed by atoms with van der Waals surface area (Å²) < 4.78 is 16.5. The minimum Gasteiger partial charge on any atom is -0.494 e. The zero-order chi connectivity index (χ0) is 24.3. The lowest BCUT2D eigenvalue weighted by atomic mass is 10.1. The van der Waals surface area contributed by atoms with Crippen molar-refractivity contribution < 1.29 is 19.0 Å². The number of nitrogens with zero attached hydrogens (tertiary/aromatic N) is 2. The van der Waals surface area contributed by atoms with E-state index in [1.807, 2.05) is 24.3 Å². The van der Waals surface area contributed by atoms with Crippen molar-refractivity contribution in [1.29, 1.82) is 0 Å². The van der Waals surface area contributed by atoms with E-state index < -0.39 is 0 Å². The third-order valence-electron chi connectivity index (χ3n) is 5.62. The fourth-order valence-corrected chi connectivity index (χ4v) is 3.63. The molecule has 0 unspecified atom stereocenters. The Balaban J connectivity index is 1.58. The topological polar surface area (TPSA) is 70.5 Å². The van der Waals surface area contributed by atoms with Gasteiger partial charge in [0.25, 0.3) is 0 Å². The van der Waals surface area contributed by atoms with Gasteiger partial charge in [0.15, 0.2) is 11.6 Å². The van der Waals surface area contributed by atoms with Crippen LogP contribution in [0, 0.1) is 0 Å². The Hall–Kier alpha value is -2.63. The van der Waals surface area contributed by atoms with Gasteiger partial charge in [0.1, 0.15) is 5.75 Å². The van der Waals surface area contributed by atoms with Crippen LogP contribution in [-0.4, -0.2) is 35.8 Å². The molecule has 0 aliphatic rings. The fourth-order valence-electron chi connectivity index (χ4n) is 3.63. The summed E-state index contributed by atoms with van der Waals surface area (Å²) in [7, 11) is 0. The van der Waals surface area contributed by atoms with Crippen LogP contribution in [0.2, 0.25) is 0 Å². The number of esters is 1. The molecule has 0 spiro atoms. The van der Waals surface area contributed by atoms with E-state index in [0.29, 0.717) is 24.8 Å². The van der Waals surface area contributed by atoms with Crippen LogP contribution in [0.5, 0.6) is 11.5 Å². The van der Waals surface area contributed by atoms with Crippen molar-refractivity contribution in [3.63, 3.8) is 0 Å². The molecule has 0 N–H and O–H groups in total. The van der Waals surface area contributed by atoms with Crippen LogP contribution < -0.4 is 9.47 Å². The van der Waals surface area contributed by atoms with Gasteiger partial charge in [-0.15, -0.1) is 0 Å². The molecule has 1 heterocycles. The Morgan fingerprint density at radius 1 is 0.676 bits per heavy atom. The van der Waals surface area contributed by atoms with Crippen LogP contribution in [0.4, 0.5) is 0 Å². The number of aromatic nitrogens is 2. The molecule has 0 amide bonds. The molecule has 1 aromatic heterocycles. The van der Waals surface area contributed by atoms with Crippen molar-refractivity contribution in [3.05, 3.63) is 36.7 Å². The van der Waals surface area contributed by atoms with Crippen molar-refractivity contribution in [2.75, 3.05) is 19.8 Å². The highest BCUT2D eigenvalue weighted by molar-refractivity contribution is 5.65. The Kier molecular flexibility index (Phi) is 14.5. The molecule has 188 valence electrons. The van der Waals surface area contributed by atoms with E-state index in [0.717, 1.165) is 50.0 Å². The molecule has 6 nitrogen and oxygen atoms in total. The molecule has 0 radical (unpaired) electrons. The molecule has 2 aromatic rings. The monoisotopic (exact) mass is 470 g/mol. The highest BCUT2D eigenvalue weighted by atomic mass is 16.5. The smallest absolute Gasteiger partial charge is 0.302 e. The van der Waals surface area contributed by atoms with Gasteiger partial charge in [-0.2, -0.15) is 0 Å². The zero-order valence-corrected chi connectivity index (χ0v) is 21.1. The largest absolute Gasteiger partial charge is 0.494 e. The summed E-state index contributed by atoms with van der Waals surface area (Å²) in [6.45, 7) is 5.58. The minimum atomic E-state index is -0.217. The van der Waals surface area contributed by atoms with Crippen LogP contribution in [0.15, 0.2) is 36.7 Å². The maximum atomic E-state index is 10.7. The number of hydrogen-bond acceptors (Lipinski definition) is 6. The summed E-state index contributed by atoms with van der Waals surface area (Å²) in [6.07, 6.45) is 17.7. The molecule has 2 rings (SSSR count). The number of carbonyl (C=O) groups excluding carboxylic acids is 1. The van der Waals surface area contributed by atoms with Gasteiger partial charge in [0, 0.05) is 12.5 Å². The van der Waals surface area contributed by atoms with Crippen molar-refractivity contribution in [2.45, 2.75) is 90.9 Å². The standard InChI is InChI=1S/C28H42N2O4/c1-3-4-5-6-7-8-9-13-20-33-26-17-15-25(16-18-26)28-29-22-27(23-30-28)34-21-14-11-10-12-19-32-24(2)31/h15-18,22-23H,3-14,19-21H2,1-2H3. The van der Waals surface area contributed by atoms with Crippen molar-refractivity contribution in [3.8, 4) is 22.9 Å². The molecule has 1 aromatic carbocycles. The van der Waals surface area contributed by atoms with Crippen molar-refractivity contribution in [2.24, 2.45) is 0 Å². The van der Waals surface area contributed by atoms with E-state index >= 15 is 0 Å². The van der Waals surface area contributed by atoms with Crippen molar-refractivity contribution >= 4 is 5.97 Å². The van der Waals surface area contributed by atoms with E-state index in [1.165, 1.54) is 51.9 Å². The molecule has 0 bridgehead atoms. The Labute approximate surface area is 205 Å². The second-order valence-electron chi connectivity index (χ2n) is 8.69. The Bertz CT molecular complexity index is 778. The summed E-state index contributed by atoms with van der Waals surface area (Å²) in [6, 6.07) is 7.95. The third kappa shape index (κ3) is 12.6. The molecule has 0 aliphatic heterocycles. The first-order valence-corrected chi connectivity index (χ1v) is 13.0. The number of hydrogen-bond donors (Lipinski definition) is 0. The summed E-state index contributed by atoms with van der Waals surface area (Å²) in [4.78, 5) is 19.6. The average Bonchev–Trinajstić information content (AvgIpc) is 2.85. The van der Waals surface area contributed by atoms with Gasteiger partial charge >= 0.3 is 5.97 Å². The van der Waals surface area contributed by atoms with E-state index in [1.54, 1.807) is 12.4 Å². The van der Waals surface area contributed by atoms with E-state index in [-0.39, 0.29) is 5.97 Å². The van der Waals surface area contributed by atoms with Crippen LogP contribution in [0.25, 0.3) is 11.4 Å². The van der Waals surface area contributed by atoms with E-state index in [4.69, 9.17) is 14.2 Å². The molecule has 0 fully saturated rings. The minimum absolute atomic E-state index is 0.217. The lowest BCUT2D eigenvalue weighted by molar-refractivity contribution is -0.141.